The van der Waals surface area contributed by atoms with E-state index in [0.29, 0.717) is 52.6 Å². The van der Waals surface area contributed by atoms with E-state index in [1.807, 2.05) is 32.9 Å². The van der Waals surface area contributed by atoms with Gasteiger partial charge in [-0.15, -0.1) is 0 Å². The third-order valence-corrected chi connectivity index (χ3v) is 7.37. The summed E-state index contributed by atoms with van der Waals surface area (Å²) in [6.45, 7) is 7.15. The Bertz CT molecular complexity index is 1490. The van der Waals surface area contributed by atoms with Crippen molar-refractivity contribution in [1.82, 2.24) is 9.80 Å². The van der Waals surface area contributed by atoms with Crippen LogP contribution in [0.5, 0.6) is 11.5 Å². The zero-order chi connectivity index (χ0) is 29.1. The molecule has 3 heterocycles. The number of amides is 2. The van der Waals surface area contributed by atoms with Crippen LogP contribution in [0.25, 0.3) is 11.0 Å². The molecule has 0 spiro atoms. The molecule has 0 aliphatic carbocycles. The van der Waals surface area contributed by atoms with Gasteiger partial charge in [0.25, 0.3) is 0 Å². The second kappa shape index (κ2) is 12.1. The summed E-state index contributed by atoms with van der Waals surface area (Å²) in [4.78, 5) is 43.9. The summed E-state index contributed by atoms with van der Waals surface area (Å²) in [7, 11) is 0. The third-order valence-electron chi connectivity index (χ3n) is 7.14. The molecule has 2 amide bonds. The van der Waals surface area contributed by atoms with Gasteiger partial charge in [0.2, 0.25) is 18.6 Å². The van der Waals surface area contributed by atoms with Crippen LogP contribution in [-0.2, 0) is 27.4 Å². The van der Waals surface area contributed by atoms with Crippen LogP contribution in [-0.4, -0.2) is 54.2 Å². The van der Waals surface area contributed by atoms with Gasteiger partial charge in [-0.3, -0.25) is 14.4 Å². The number of halogens is 1. The van der Waals surface area contributed by atoms with Crippen LogP contribution in [0, 0.1) is 5.41 Å². The van der Waals surface area contributed by atoms with E-state index in [0.717, 1.165) is 18.4 Å². The molecular weight excluding hydrogens is 548 g/mol. The molecule has 0 saturated carbocycles. The number of hydrogen-bond donors (Lipinski definition) is 0. The second-order valence-corrected chi connectivity index (χ2v) is 12.3. The zero-order valence-corrected chi connectivity index (χ0v) is 24.4. The summed E-state index contributed by atoms with van der Waals surface area (Å²) in [6, 6.07) is 10.3. The third kappa shape index (κ3) is 7.21. The van der Waals surface area contributed by atoms with Crippen LogP contribution in [0.15, 0.2) is 51.9 Å². The Kier molecular flexibility index (Phi) is 8.56. The SMILES string of the molecule is CC(C)(C)CC(=O)N(CC(=O)N(Cc1ccc2c(c1)OCO2)Cc1coc2ccc(Cl)cc2c1=O)CC1CCCO1. The monoisotopic (exact) mass is 582 g/mol. The quantitative estimate of drug-likeness (QED) is 0.344. The first kappa shape index (κ1) is 29.0. The molecule has 0 N–H and O–H groups in total. The molecular formula is C31H35ClN2O7. The fraction of sp³-hybridized carbons (Fsp3) is 0.452. The molecule has 10 heteroatoms. The molecule has 1 atom stereocenters. The van der Waals surface area contributed by atoms with Gasteiger partial charge in [-0.1, -0.05) is 38.4 Å². The first-order chi connectivity index (χ1) is 19.6. The highest BCUT2D eigenvalue weighted by molar-refractivity contribution is 6.31. The number of rotatable bonds is 9. The molecule has 1 fully saturated rings. The molecule has 2 aromatic carbocycles. The average molecular weight is 583 g/mol. The number of fused-ring (bicyclic) bond motifs is 2. The molecule has 0 radical (unpaired) electrons. The molecule has 9 nitrogen and oxygen atoms in total. The Morgan fingerprint density at radius 2 is 1.80 bits per heavy atom. The number of carbonyl (C=O) groups is 2. The van der Waals surface area contributed by atoms with Crippen molar-refractivity contribution in [3.05, 3.63) is 69.0 Å². The molecule has 1 aromatic heterocycles. The average Bonchev–Trinajstić information content (AvgIpc) is 3.60. The maximum Gasteiger partial charge on any atom is 0.242 e. The smallest absolute Gasteiger partial charge is 0.242 e. The molecule has 1 saturated heterocycles. The molecule has 1 unspecified atom stereocenters. The van der Waals surface area contributed by atoms with Crippen molar-refractivity contribution in [2.45, 2.75) is 59.2 Å². The lowest BCUT2D eigenvalue weighted by molar-refractivity contribution is -0.143. The van der Waals surface area contributed by atoms with Gasteiger partial charge >= 0.3 is 0 Å². The maximum atomic E-state index is 14.0. The summed E-state index contributed by atoms with van der Waals surface area (Å²) < 4.78 is 22.5. The van der Waals surface area contributed by atoms with Crippen molar-refractivity contribution >= 4 is 34.4 Å². The van der Waals surface area contributed by atoms with Crippen LogP contribution >= 0.6 is 11.6 Å². The lowest BCUT2D eigenvalue weighted by Crippen LogP contribution is -2.46. The molecule has 2 aliphatic heterocycles. The topological polar surface area (TPSA) is 98.5 Å². The fourth-order valence-corrected chi connectivity index (χ4v) is 5.24. The molecule has 2 aliphatic rings. The van der Waals surface area contributed by atoms with Crippen molar-refractivity contribution in [2.75, 3.05) is 26.5 Å². The van der Waals surface area contributed by atoms with Crippen LogP contribution in [0.2, 0.25) is 5.02 Å². The fourth-order valence-electron chi connectivity index (χ4n) is 5.07. The van der Waals surface area contributed by atoms with Gasteiger partial charge in [0, 0.05) is 31.1 Å². The van der Waals surface area contributed by atoms with Gasteiger partial charge < -0.3 is 28.4 Å². The minimum Gasteiger partial charge on any atom is -0.464 e. The summed E-state index contributed by atoms with van der Waals surface area (Å²) in [5.41, 5.74) is 1.000. The Hall–Kier alpha value is -3.56. The summed E-state index contributed by atoms with van der Waals surface area (Å²) in [5, 5.41) is 0.753. The first-order valence-electron chi connectivity index (χ1n) is 13.8. The Labute approximate surface area is 243 Å². The molecule has 41 heavy (non-hydrogen) atoms. The van der Waals surface area contributed by atoms with E-state index in [4.69, 9.17) is 30.2 Å². The number of carbonyl (C=O) groups excluding carboxylic acids is 2. The molecule has 3 aromatic rings. The van der Waals surface area contributed by atoms with Crippen molar-refractivity contribution in [3.63, 3.8) is 0 Å². The van der Waals surface area contributed by atoms with Gasteiger partial charge in [0.15, 0.2) is 16.9 Å². The molecule has 5 rings (SSSR count). The Balaban J connectivity index is 1.43. The van der Waals surface area contributed by atoms with Crippen LogP contribution in [0.1, 0.15) is 51.2 Å². The van der Waals surface area contributed by atoms with Gasteiger partial charge in [-0.25, -0.2) is 0 Å². The second-order valence-electron chi connectivity index (χ2n) is 11.8. The number of hydrogen-bond acceptors (Lipinski definition) is 7. The molecule has 218 valence electrons. The van der Waals surface area contributed by atoms with E-state index in [1.165, 1.54) is 6.26 Å². The minimum atomic E-state index is -0.298. The highest BCUT2D eigenvalue weighted by atomic mass is 35.5. The molecule has 0 bridgehead atoms. The predicted molar refractivity (Wildman–Crippen MR) is 154 cm³/mol. The van der Waals surface area contributed by atoms with Crippen LogP contribution < -0.4 is 14.9 Å². The zero-order valence-electron chi connectivity index (χ0n) is 23.6. The van der Waals surface area contributed by atoms with E-state index >= 15 is 0 Å². The summed E-state index contributed by atoms with van der Waals surface area (Å²) >= 11 is 6.14. The van der Waals surface area contributed by atoms with Crippen molar-refractivity contribution in [3.8, 4) is 11.5 Å². The van der Waals surface area contributed by atoms with E-state index in [-0.39, 0.29) is 55.2 Å². The number of nitrogens with zero attached hydrogens (tertiary/aromatic N) is 2. The number of benzene rings is 2. The van der Waals surface area contributed by atoms with Crippen LogP contribution in [0.4, 0.5) is 0 Å². The van der Waals surface area contributed by atoms with E-state index in [9.17, 15) is 14.4 Å². The highest BCUT2D eigenvalue weighted by Crippen LogP contribution is 2.33. The van der Waals surface area contributed by atoms with Crippen LogP contribution in [0.3, 0.4) is 0 Å². The van der Waals surface area contributed by atoms with Gasteiger partial charge in [-0.2, -0.15) is 0 Å². The van der Waals surface area contributed by atoms with E-state index < -0.39 is 0 Å². The summed E-state index contributed by atoms with van der Waals surface area (Å²) in [6.07, 6.45) is 3.34. The van der Waals surface area contributed by atoms with Gasteiger partial charge in [-0.05, 0) is 54.2 Å². The van der Waals surface area contributed by atoms with Crippen molar-refractivity contribution in [1.29, 1.82) is 0 Å². The number of ether oxygens (including phenoxy) is 3. The lowest BCUT2D eigenvalue weighted by Gasteiger charge is -2.31. The van der Waals surface area contributed by atoms with Gasteiger partial charge in [0.1, 0.15) is 5.58 Å². The van der Waals surface area contributed by atoms with Gasteiger partial charge in [0.05, 0.1) is 36.4 Å². The maximum absolute atomic E-state index is 14.0. The Morgan fingerprint density at radius 3 is 2.56 bits per heavy atom. The Morgan fingerprint density at radius 1 is 1.00 bits per heavy atom. The van der Waals surface area contributed by atoms with Crippen molar-refractivity contribution in [2.24, 2.45) is 5.41 Å². The lowest BCUT2D eigenvalue weighted by atomic mass is 9.91. The standard InChI is InChI=1S/C31H35ClN2O7/c1-31(2,3)13-28(35)34(16-23-5-4-10-38-23)17-29(36)33(14-20-6-8-26-27(11-20)41-19-40-26)15-21-18-39-25-9-7-22(32)12-24(25)30(21)37/h6-9,11-12,18,23H,4-5,10,13-17,19H2,1-3H3. The predicted octanol–water partition coefficient (Wildman–Crippen LogP) is 5.15. The van der Waals surface area contributed by atoms with E-state index in [1.54, 1.807) is 34.1 Å². The largest absolute Gasteiger partial charge is 0.464 e. The normalized spacial score (nSPS) is 16.2. The van der Waals surface area contributed by atoms with Crippen molar-refractivity contribution < 1.29 is 28.2 Å². The van der Waals surface area contributed by atoms with E-state index in [2.05, 4.69) is 0 Å². The first-order valence-corrected chi connectivity index (χ1v) is 14.2. The summed E-state index contributed by atoms with van der Waals surface area (Å²) in [5.74, 6) is 0.821. The minimum absolute atomic E-state index is 0.0146. The highest BCUT2D eigenvalue weighted by Gasteiger charge is 2.29.